The zero-order chi connectivity index (χ0) is 12.1. The van der Waals surface area contributed by atoms with Crippen molar-refractivity contribution in [3.05, 3.63) is 71.8 Å². The van der Waals surface area contributed by atoms with Gasteiger partial charge in [-0.25, -0.2) is 4.39 Å². The summed E-state index contributed by atoms with van der Waals surface area (Å²) in [6.45, 7) is 0. The van der Waals surface area contributed by atoms with Crippen LogP contribution in [0.2, 0.25) is 0 Å². The summed E-state index contributed by atoms with van der Waals surface area (Å²) in [7, 11) is 0. The minimum Gasteiger partial charge on any atom is -0.275 e. The first-order chi connectivity index (χ1) is 8.24. The fraction of sp³-hybridized carbons (Fsp3) is 0.143. The third kappa shape index (κ3) is 2.87. The zero-order valence-electron chi connectivity index (χ0n) is 9.34. The Morgan fingerprint density at radius 3 is 2.00 bits per heavy atom. The molecule has 1 nitrogen and oxygen atoms in total. The number of hydrogen-bond acceptors (Lipinski definition) is 2. The van der Waals surface area contributed by atoms with Crippen LogP contribution in [0.4, 0.5) is 4.39 Å². The minimum absolute atomic E-state index is 0.277. The van der Waals surface area contributed by atoms with Crippen molar-refractivity contribution >= 4 is 11.9 Å². The third-order valence-corrected chi connectivity index (χ3v) is 3.42. The predicted octanol–water partition coefficient (Wildman–Crippen LogP) is 3.66. The molecule has 0 amide bonds. The molecule has 3 heteroatoms. The van der Waals surface area contributed by atoms with Gasteiger partial charge >= 0.3 is 0 Å². The number of nitrogens with two attached hydrogens (primary N) is 1. The van der Waals surface area contributed by atoms with Crippen molar-refractivity contribution in [1.29, 1.82) is 0 Å². The molecule has 0 saturated carbocycles. The second kappa shape index (κ2) is 5.34. The molecule has 0 fully saturated rings. The Hall–Kier alpha value is -1.32. The van der Waals surface area contributed by atoms with Gasteiger partial charge in [0, 0.05) is 12.0 Å². The average molecular weight is 247 g/mol. The van der Waals surface area contributed by atoms with Gasteiger partial charge in [0.15, 0.2) is 5.00 Å². The van der Waals surface area contributed by atoms with E-state index in [1.165, 1.54) is 0 Å². The number of alkyl halides is 1. The number of rotatable bonds is 4. The molecule has 88 valence electrons. The van der Waals surface area contributed by atoms with Crippen LogP contribution in [-0.2, 0) is 11.4 Å². The molecule has 2 N–H and O–H groups in total. The SMILES string of the molecule is NSC(F)(Cc1ccccc1)c1ccccc1. The van der Waals surface area contributed by atoms with Crippen LogP contribution in [0.25, 0.3) is 0 Å². The number of halogens is 1. The van der Waals surface area contributed by atoms with E-state index in [9.17, 15) is 4.39 Å². The van der Waals surface area contributed by atoms with E-state index in [0.717, 1.165) is 17.5 Å². The molecule has 0 heterocycles. The maximum Gasteiger partial charge on any atom is 0.198 e. The normalized spacial score (nSPS) is 14.2. The molecule has 2 aromatic rings. The molecule has 17 heavy (non-hydrogen) atoms. The molecule has 0 aliphatic rings. The molecule has 1 atom stereocenters. The lowest BCUT2D eigenvalue weighted by molar-refractivity contribution is 0.293. The quantitative estimate of drug-likeness (QED) is 0.834. The molecule has 0 radical (unpaired) electrons. The molecule has 0 aliphatic carbocycles. The first-order valence-electron chi connectivity index (χ1n) is 5.41. The minimum atomic E-state index is -1.57. The van der Waals surface area contributed by atoms with Crippen LogP contribution in [0.1, 0.15) is 11.1 Å². The van der Waals surface area contributed by atoms with Gasteiger partial charge in [0.2, 0.25) is 0 Å². The first-order valence-corrected chi connectivity index (χ1v) is 6.29. The summed E-state index contributed by atoms with van der Waals surface area (Å²) < 4.78 is 14.8. The third-order valence-electron chi connectivity index (χ3n) is 2.67. The van der Waals surface area contributed by atoms with E-state index < -0.39 is 5.00 Å². The van der Waals surface area contributed by atoms with Crippen molar-refractivity contribution in [2.24, 2.45) is 5.14 Å². The second-order valence-corrected chi connectivity index (χ2v) is 4.76. The van der Waals surface area contributed by atoms with Gasteiger partial charge in [0.1, 0.15) is 0 Å². The topological polar surface area (TPSA) is 26.0 Å². The molecule has 2 aromatic carbocycles. The molecule has 0 spiro atoms. The highest BCUT2D eigenvalue weighted by atomic mass is 32.2. The molecule has 0 aromatic heterocycles. The molecule has 0 aliphatic heterocycles. The fourth-order valence-corrected chi connectivity index (χ4v) is 2.28. The summed E-state index contributed by atoms with van der Waals surface area (Å²) in [5, 5.41) is 3.96. The largest absolute Gasteiger partial charge is 0.275 e. The van der Waals surface area contributed by atoms with E-state index in [-0.39, 0.29) is 6.42 Å². The highest BCUT2D eigenvalue weighted by Gasteiger charge is 2.31. The van der Waals surface area contributed by atoms with E-state index in [4.69, 9.17) is 5.14 Å². The lowest BCUT2D eigenvalue weighted by atomic mass is 10.0. The molecular weight excluding hydrogens is 233 g/mol. The molecular formula is C14H14FNS. The Labute approximate surface area is 105 Å². The number of benzene rings is 2. The van der Waals surface area contributed by atoms with Crippen molar-refractivity contribution in [3.8, 4) is 0 Å². The fourth-order valence-electron chi connectivity index (χ4n) is 1.76. The monoisotopic (exact) mass is 247 g/mol. The Bertz CT molecular complexity index is 460. The van der Waals surface area contributed by atoms with Crippen LogP contribution in [0, 0.1) is 0 Å². The molecule has 2 rings (SSSR count). The van der Waals surface area contributed by atoms with Crippen LogP contribution in [0.3, 0.4) is 0 Å². The average Bonchev–Trinajstić information content (AvgIpc) is 2.41. The second-order valence-electron chi connectivity index (χ2n) is 3.87. The van der Waals surface area contributed by atoms with Crippen LogP contribution in [0.15, 0.2) is 60.7 Å². The van der Waals surface area contributed by atoms with Gasteiger partial charge in [-0.3, -0.25) is 5.14 Å². The van der Waals surface area contributed by atoms with Crippen molar-refractivity contribution in [2.75, 3.05) is 0 Å². The Balaban J connectivity index is 2.27. The van der Waals surface area contributed by atoms with Crippen LogP contribution >= 0.6 is 11.9 Å². The van der Waals surface area contributed by atoms with E-state index in [0.29, 0.717) is 5.56 Å². The highest BCUT2D eigenvalue weighted by Crippen LogP contribution is 2.37. The van der Waals surface area contributed by atoms with Gasteiger partial charge in [-0.1, -0.05) is 60.7 Å². The summed E-state index contributed by atoms with van der Waals surface area (Å²) in [4.78, 5) is 0. The van der Waals surface area contributed by atoms with Gasteiger partial charge in [-0.05, 0) is 17.5 Å². The maximum absolute atomic E-state index is 14.8. The molecule has 1 unspecified atom stereocenters. The molecule has 0 saturated heterocycles. The van der Waals surface area contributed by atoms with Gasteiger partial charge in [0.25, 0.3) is 0 Å². The van der Waals surface area contributed by atoms with E-state index in [1.54, 1.807) is 12.1 Å². The van der Waals surface area contributed by atoms with E-state index in [1.807, 2.05) is 48.5 Å². The first kappa shape index (κ1) is 12.1. The Kier molecular flexibility index (Phi) is 3.82. The standard InChI is InChI=1S/C14H14FNS/c15-14(17-16,13-9-5-2-6-10-13)11-12-7-3-1-4-8-12/h1-10H,11,16H2. The van der Waals surface area contributed by atoms with Gasteiger partial charge < -0.3 is 0 Å². The van der Waals surface area contributed by atoms with Crippen molar-refractivity contribution in [1.82, 2.24) is 0 Å². The van der Waals surface area contributed by atoms with Gasteiger partial charge in [-0.2, -0.15) is 0 Å². The van der Waals surface area contributed by atoms with Crippen LogP contribution < -0.4 is 5.14 Å². The number of hydrogen-bond donors (Lipinski definition) is 1. The Morgan fingerprint density at radius 1 is 0.941 bits per heavy atom. The van der Waals surface area contributed by atoms with Crippen molar-refractivity contribution < 1.29 is 4.39 Å². The summed E-state index contributed by atoms with van der Waals surface area (Å²) in [6.07, 6.45) is 0.277. The zero-order valence-corrected chi connectivity index (χ0v) is 10.2. The summed E-state index contributed by atoms with van der Waals surface area (Å²) >= 11 is 0.753. The highest BCUT2D eigenvalue weighted by molar-refractivity contribution is 7.97. The maximum atomic E-state index is 14.8. The smallest absolute Gasteiger partial charge is 0.198 e. The Morgan fingerprint density at radius 2 is 1.47 bits per heavy atom. The van der Waals surface area contributed by atoms with Gasteiger partial charge in [0.05, 0.1) is 0 Å². The predicted molar refractivity (Wildman–Crippen MR) is 71.2 cm³/mol. The lowest BCUT2D eigenvalue weighted by Gasteiger charge is -2.23. The lowest BCUT2D eigenvalue weighted by Crippen LogP contribution is -2.21. The van der Waals surface area contributed by atoms with Crippen LogP contribution in [0.5, 0.6) is 0 Å². The summed E-state index contributed by atoms with van der Waals surface area (Å²) in [5.74, 6) is 0. The van der Waals surface area contributed by atoms with Crippen LogP contribution in [-0.4, -0.2) is 0 Å². The van der Waals surface area contributed by atoms with Crippen molar-refractivity contribution in [2.45, 2.75) is 11.4 Å². The van der Waals surface area contributed by atoms with Crippen molar-refractivity contribution in [3.63, 3.8) is 0 Å². The summed E-state index contributed by atoms with van der Waals surface area (Å²) in [5.41, 5.74) is 1.55. The van der Waals surface area contributed by atoms with Gasteiger partial charge in [-0.15, -0.1) is 0 Å². The summed E-state index contributed by atoms with van der Waals surface area (Å²) in [6, 6.07) is 18.6. The molecule has 0 bridgehead atoms. The van der Waals surface area contributed by atoms with E-state index in [2.05, 4.69) is 0 Å². The van der Waals surface area contributed by atoms with E-state index >= 15 is 0 Å².